The Labute approximate surface area is 208 Å². The molecule has 0 aliphatic carbocycles. The molecule has 3 rings (SSSR count). The van der Waals surface area contributed by atoms with Crippen LogP contribution in [0.4, 0.5) is 29.1 Å². The van der Waals surface area contributed by atoms with Crippen LogP contribution in [0.15, 0.2) is 34.9 Å². The summed E-state index contributed by atoms with van der Waals surface area (Å²) in [7, 11) is 0. The van der Waals surface area contributed by atoms with Crippen LogP contribution in [0.3, 0.4) is 0 Å². The highest BCUT2D eigenvalue weighted by Crippen LogP contribution is 2.35. The number of hydrogen-bond donors (Lipinski definition) is 1. The molecule has 0 saturated carbocycles. The molecule has 1 N–H and O–H groups in total. The molecule has 1 aromatic carbocycles. The lowest BCUT2D eigenvalue weighted by molar-refractivity contribution is -0.275. The summed E-state index contributed by atoms with van der Waals surface area (Å²) in [4.78, 5) is 33.3. The van der Waals surface area contributed by atoms with Crippen molar-refractivity contribution in [3.63, 3.8) is 0 Å². The van der Waals surface area contributed by atoms with Crippen molar-refractivity contribution in [3.8, 4) is 5.75 Å². The highest BCUT2D eigenvalue weighted by molar-refractivity contribution is 9.10. The van der Waals surface area contributed by atoms with Gasteiger partial charge in [0, 0.05) is 31.1 Å². The van der Waals surface area contributed by atoms with E-state index in [1.54, 1.807) is 12.1 Å². The molecule has 1 fully saturated rings. The molecule has 0 radical (unpaired) electrons. The quantitative estimate of drug-likeness (QED) is 0.519. The monoisotopic (exact) mass is 560 g/mol. The van der Waals surface area contributed by atoms with Crippen molar-refractivity contribution in [2.24, 2.45) is 5.41 Å². The molecule has 2 heterocycles. The molecule has 35 heavy (non-hydrogen) atoms. The second kappa shape index (κ2) is 10.00. The summed E-state index contributed by atoms with van der Waals surface area (Å²) < 4.78 is 55.7. The third kappa shape index (κ3) is 6.41. The van der Waals surface area contributed by atoms with Crippen molar-refractivity contribution >= 4 is 39.2 Å². The average molecular weight is 561 g/mol. The number of aromatic nitrogens is 1. The van der Waals surface area contributed by atoms with Crippen molar-refractivity contribution in [2.75, 3.05) is 29.9 Å². The molecule has 7 nitrogen and oxygen atoms in total. The second-order valence-electron chi connectivity index (χ2n) is 9.19. The van der Waals surface area contributed by atoms with Gasteiger partial charge in [0.2, 0.25) is 5.91 Å². The first-order chi connectivity index (χ1) is 16.2. The summed E-state index contributed by atoms with van der Waals surface area (Å²) in [6, 6.07) is 5.37. The maximum atomic E-state index is 14.6. The predicted molar refractivity (Wildman–Crippen MR) is 126 cm³/mol. The zero-order valence-electron chi connectivity index (χ0n) is 19.5. The SMILES string of the molecule is C[C@@H]1CN(C(=O)C(C)(C)C)CCN1c1ccc(NC(=O)c2ccc(Br)c(OC(F)(F)F)c2F)cn1. The maximum absolute atomic E-state index is 14.6. The first kappa shape index (κ1) is 26.7. The number of hydrogen-bond acceptors (Lipinski definition) is 5. The van der Waals surface area contributed by atoms with E-state index in [9.17, 15) is 27.2 Å². The number of amides is 2. The Morgan fingerprint density at radius 1 is 1.14 bits per heavy atom. The Kier molecular flexibility index (Phi) is 7.63. The Morgan fingerprint density at radius 3 is 2.37 bits per heavy atom. The van der Waals surface area contributed by atoms with Crippen molar-refractivity contribution in [2.45, 2.75) is 40.1 Å². The van der Waals surface area contributed by atoms with E-state index in [4.69, 9.17) is 0 Å². The van der Waals surface area contributed by atoms with Gasteiger partial charge in [0.05, 0.1) is 21.9 Å². The first-order valence-corrected chi connectivity index (χ1v) is 11.5. The van der Waals surface area contributed by atoms with Crippen LogP contribution in [0, 0.1) is 11.2 Å². The highest BCUT2D eigenvalue weighted by atomic mass is 79.9. The van der Waals surface area contributed by atoms with Crippen LogP contribution in [0.2, 0.25) is 0 Å². The topological polar surface area (TPSA) is 74.8 Å². The molecule has 2 aromatic rings. The fourth-order valence-electron chi connectivity index (χ4n) is 3.70. The van der Waals surface area contributed by atoms with Crippen molar-refractivity contribution in [1.29, 1.82) is 0 Å². The van der Waals surface area contributed by atoms with E-state index in [1.165, 1.54) is 6.20 Å². The maximum Gasteiger partial charge on any atom is 0.573 e. The molecule has 1 aliphatic heterocycles. The van der Waals surface area contributed by atoms with Gasteiger partial charge in [-0.25, -0.2) is 9.37 Å². The molecule has 1 saturated heterocycles. The van der Waals surface area contributed by atoms with E-state index < -0.39 is 34.8 Å². The number of benzene rings is 1. The number of ether oxygens (including phenoxy) is 1. The number of alkyl halides is 3. The summed E-state index contributed by atoms with van der Waals surface area (Å²) in [6.07, 6.45) is -3.75. The van der Waals surface area contributed by atoms with Crippen LogP contribution in [0.25, 0.3) is 0 Å². The molecule has 2 amide bonds. The molecule has 1 aromatic heterocycles. The minimum absolute atomic E-state index is 0.00639. The lowest BCUT2D eigenvalue weighted by Gasteiger charge is -2.42. The lowest BCUT2D eigenvalue weighted by Crippen LogP contribution is -2.56. The number of nitrogens with zero attached hydrogens (tertiary/aromatic N) is 3. The van der Waals surface area contributed by atoms with Gasteiger partial charge in [0.1, 0.15) is 5.82 Å². The predicted octanol–water partition coefficient (Wildman–Crippen LogP) is 5.22. The Hall–Kier alpha value is -2.89. The molecular formula is C23H25BrF4N4O3. The van der Waals surface area contributed by atoms with E-state index in [2.05, 4.69) is 31.0 Å². The fraction of sp³-hybridized carbons (Fsp3) is 0.435. The molecular weight excluding hydrogens is 536 g/mol. The third-order valence-electron chi connectivity index (χ3n) is 5.37. The largest absolute Gasteiger partial charge is 0.573 e. The van der Waals surface area contributed by atoms with Gasteiger partial charge in [0.25, 0.3) is 5.91 Å². The van der Waals surface area contributed by atoms with Crippen molar-refractivity contribution in [1.82, 2.24) is 9.88 Å². The Morgan fingerprint density at radius 2 is 1.83 bits per heavy atom. The molecule has 0 spiro atoms. The Bertz CT molecular complexity index is 1100. The number of halogens is 5. The molecule has 190 valence electrons. The van der Waals surface area contributed by atoms with E-state index in [1.807, 2.05) is 37.5 Å². The summed E-state index contributed by atoms with van der Waals surface area (Å²) >= 11 is 2.79. The number of nitrogens with one attached hydrogen (secondary N) is 1. The van der Waals surface area contributed by atoms with Crippen LogP contribution in [-0.4, -0.2) is 53.7 Å². The first-order valence-electron chi connectivity index (χ1n) is 10.7. The average Bonchev–Trinajstić information content (AvgIpc) is 2.75. The van der Waals surface area contributed by atoms with Crippen LogP contribution in [0.5, 0.6) is 5.75 Å². The number of carbonyl (C=O) groups excluding carboxylic acids is 2. The van der Waals surface area contributed by atoms with Gasteiger partial charge in [-0.05, 0) is 47.1 Å². The van der Waals surface area contributed by atoms with Crippen LogP contribution < -0.4 is 15.0 Å². The smallest absolute Gasteiger partial charge is 0.401 e. The highest BCUT2D eigenvalue weighted by Gasteiger charge is 2.35. The minimum Gasteiger partial charge on any atom is -0.401 e. The van der Waals surface area contributed by atoms with Gasteiger partial charge >= 0.3 is 6.36 Å². The van der Waals surface area contributed by atoms with E-state index in [0.29, 0.717) is 25.5 Å². The third-order valence-corrected chi connectivity index (χ3v) is 5.99. The van der Waals surface area contributed by atoms with Gasteiger partial charge in [-0.1, -0.05) is 20.8 Å². The van der Waals surface area contributed by atoms with Gasteiger partial charge < -0.3 is 19.9 Å². The summed E-state index contributed by atoms with van der Waals surface area (Å²) in [5, 5.41) is 2.42. The number of piperazine rings is 1. The lowest BCUT2D eigenvalue weighted by atomic mass is 9.94. The van der Waals surface area contributed by atoms with E-state index >= 15 is 0 Å². The molecule has 12 heteroatoms. The fourth-order valence-corrected chi connectivity index (χ4v) is 4.09. The van der Waals surface area contributed by atoms with Gasteiger partial charge in [-0.2, -0.15) is 0 Å². The molecule has 0 bridgehead atoms. The number of anilines is 2. The normalized spacial score (nSPS) is 16.8. The number of pyridine rings is 1. The molecule has 1 aliphatic rings. The summed E-state index contributed by atoms with van der Waals surface area (Å²) in [5.41, 5.74) is -0.855. The number of carbonyl (C=O) groups is 2. The van der Waals surface area contributed by atoms with E-state index in [0.717, 1.165) is 12.1 Å². The van der Waals surface area contributed by atoms with Gasteiger partial charge in [-0.15, -0.1) is 13.2 Å². The summed E-state index contributed by atoms with van der Waals surface area (Å²) in [6.45, 7) is 9.29. The van der Waals surface area contributed by atoms with Crippen LogP contribution in [0.1, 0.15) is 38.1 Å². The zero-order chi connectivity index (χ0) is 26.1. The minimum atomic E-state index is -5.12. The van der Waals surface area contributed by atoms with Gasteiger partial charge in [0.15, 0.2) is 11.6 Å². The van der Waals surface area contributed by atoms with E-state index in [-0.39, 0.29) is 22.1 Å². The standard InChI is InChI=1S/C23H25BrF4N4O3/c1-13-12-31(21(34)22(2,3)4)9-10-32(13)17-8-5-14(11-29-17)30-20(33)15-6-7-16(24)19(18(15)25)35-23(26,27)28/h5-8,11,13H,9-10,12H2,1-4H3,(H,30,33)/t13-/m1/s1. The van der Waals surface area contributed by atoms with Crippen molar-refractivity contribution < 1.29 is 31.9 Å². The molecule has 0 unspecified atom stereocenters. The second-order valence-corrected chi connectivity index (χ2v) is 10.0. The van der Waals surface area contributed by atoms with Gasteiger partial charge in [-0.3, -0.25) is 9.59 Å². The molecule has 1 atom stereocenters. The van der Waals surface area contributed by atoms with Crippen LogP contribution in [-0.2, 0) is 4.79 Å². The zero-order valence-corrected chi connectivity index (χ0v) is 21.1. The number of rotatable bonds is 4. The van der Waals surface area contributed by atoms with Crippen molar-refractivity contribution in [3.05, 3.63) is 46.3 Å². The Balaban J connectivity index is 1.69. The van der Waals surface area contributed by atoms with Crippen LogP contribution >= 0.6 is 15.9 Å². The summed E-state index contributed by atoms with van der Waals surface area (Å²) in [5.74, 6) is -2.82.